The van der Waals surface area contributed by atoms with E-state index in [2.05, 4.69) is 85.1 Å². The molecule has 0 spiro atoms. The summed E-state index contributed by atoms with van der Waals surface area (Å²) in [5.41, 5.74) is 8.66. The van der Waals surface area contributed by atoms with Crippen LogP contribution in [-0.2, 0) is 11.2 Å². The molecule has 0 unspecified atom stereocenters. The third-order valence-corrected chi connectivity index (χ3v) is 7.49. The average molecular weight is 520 g/mol. The van der Waals surface area contributed by atoms with Crippen molar-refractivity contribution >= 4 is 22.5 Å². The average Bonchev–Trinajstić information content (AvgIpc) is 3.24. The zero-order valence-corrected chi connectivity index (χ0v) is 23.2. The number of aliphatic hydroxyl groups is 1. The van der Waals surface area contributed by atoms with Gasteiger partial charge in [0.05, 0.1) is 24.1 Å². The number of rotatable bonds is 9. The van der Waals surface area contributed by atoms with Crippen molar-refractivity contribution < 1.29 is 9.90 Å². The van der Waals surface area contributed by atoms with Crippen LogP contribution in [-0.4, -0.2) is 27.0 Å². The van der Waals surface area contributed by atoms with E-state index in [1.165, 1.54) is 27.7 Å². The highest BCUT2D eigenvalue weighted by atomic mass is 16.3. The molecule has 0 aliphatic carbocycles. The Kier molecular flexibility index (Phi) is 7.80. The number of hydrogen-bond donors (Lipinski definition) is 2. The van der Waals surface area contributed by atoms with Crippen LogP contribution in [0.2, 0.25) is 0 Å². The van der Waals surface area contributed by atoms with E-state index in [1.54, 1.807) is 0 Å². The minimum absolute atomic E-state index is 0.0565. The molecular weight excluding hydrogens is 482 g/mol. The first kappa shape index (κ1) is 26.6. The van der Waals surface area contributed by atoms with E-state index in [-0.39, 0.29) is 18.4 Å². The fourth-order valence-corrected chi connectivity index (χ4v) is 5.64. The van der Waals surface area contributed by atoms with Gasteiger partial charge in [-0.1, -0.05) is 86.6 Å². The highest BCUT2D eigenvalue weighted by Gasteiger charge is 2.25. The first-order chi connectivity index (χ1) is 18.9. The second-order valence-corrected chi connectivity index (χ2v) is 10.9. The molecule has 5 nitrogen and oxygen atoms in total. The maximum atomic E-state index is 13.5. The maximum absolute atomic E-state index is 13.5. The normalized spacial score (nSPS) is 13.2. The number of nitrogens with one attached hydrogen (secondary N) is 1. The number of benzene rings is 3. The van der Waals surface area contributed by atoms with Crippen LogP contribution < -0.4 is 5.32 Å². The highest BCUT2D eigenvalue weighted by Crippen LogP contribution is 2.31. The summed E-state index contributed by atoms with van der Waals surface area (Å²) in [4.78, 5) is 18.4. The smallest absolute Gasteiger partial charge is 0.228 e. The Bertz CT molecular complexity index is 1590. The van der Waals surface area contributed by atoms with Gasteiger partial charge in [-0.05, 0) is 55.0 Å². The molecule has 0 aliphatic rings. The van der Waals surface area contributed by atoms with Crippen LogP contribution in [0.15, 0.2) is 84.9 Å². The number of hydrogen-bond acceptors (Lipinski definition) is 3. The summed E-state index contributed by atoms with van der Waals surface area (Å²) in [7, 11) is 0. The van der Waals surface area contributed by atoms with Crippen molar-refractivity contribution in [1.82, 2.24) is 14.7 Å². The molecule has 1 amide bonds. The molecule has 0 saturated carbocycles. The van der Waals surface area contributed by atoms with E-state index >= 15 is 0 Å². The zero-order chi connectivity index (χ0) is 27.5. The summed E-state index contributed by atoms with van der Waals surface area (Å²) in [5, 5.41) is 14.3. The van der Waals surface area contributed by atoms with E-state index < -0.39 is 6.04 Å². The molecule has 3 aromatic carbocycles. The van der Waals surface area contributed by atoms with Gasteiger partial charge in [-0.15, -0.1) is 0 Å². The molecule has 39 heavy (non-hydrogen) atoms. The minimum atomic E-state index is -0.427. The number of nitrogens with zero attached hydrogens (tertiary/aromatic N) is 2. The van der Waals surface area contributed by atoms with Gasteiger partial charge < -0.3 is 10.4 Å². The number of para-hydroxylation sites is 1. The summed E-state index contributed by atoms with van der Waals surface area (Å²) in [5.74, 6) is 0.000185. The highest BCUT2D eigenvalue weighted by molar-refractivity contribution is 5.91. The van der Waals surface area contributed by atoms with E-state index in [9.17, 15) is 9.90 Å². The molecule has 200 valence electrons. The van der Waals surface area contributed by atoms with E-state index in [1.807, 2.05) is 37.3 Å². The Morgan fingerprint density at radius 1 is 0.923 bits per heavy atom. The van der Waals surface area contributed by atoms with Crippen molar-refractivity contribution in [3.63, 3.8) is 0 Å². The molecule has 2 heterocycles. The molecule has 5 aromatic rings. The van der Waals surface area contributed by atoms with Crippen LogP contribution in [0.25, 0.3) is 16.6 Å². The molecule has 2 N–H and O–H groups in total. The first-order valence-electron chi connectivity index (χ1n) is 13.8. The third kappa shape index (κ3) is 5.59. The molecule has 0 radical (unpaired) electrons. The lowest BCUT2D eigenvalue weighted by molar-refractivity contribution is -0.124. The fourth-order valence-electron chi connectivity index (χ4n) is 5.64. The number of aliphatic hydroxyl groups excluding tert-OH is 1. The van der Waals surface area contributed by atoms with Crippen molar-refractivity contribution in [1.29, 1.82) is 0 Å². The van der Waals surface area contributed by atoms with Crippen LogP contribution in [0.3, 0.4) is 0 Å². The van der Waals surface area contributed by atoms with Gasteiger partial charge in [0, 0.05) is 28.8 Å². The molecule has 2 aromatic heterocycles. The van der Waals surface area contributed by atoms with Crippen LogP contribution in [0.4, 0.5) is 0 Å². The maximum Gasteiger partial charge on any atom is 0.228 e. The van der Waals surface area contributed by atoms with E-state index in [0.717, 1.165) is 35.3 Å². The Hall–Kier alpha value is -3.96. The number of aryl methyl sites for hydroxylation is 2. The molecule has 5 rings (SSSR count). The van der Waals surface area contributed by atoms with Gasteiger partial charge >= 0.3 is 0 Å². The van der Waals surface area contributed by atoms with Crippen LogP contribution in [0.1, 0.15) is 65.9 Å². The van der Waals surface area contributed by atoms with Crippen molar-refractivity contribution in [3.05, 3.63) is 119 Å². The monoisotopic (exact) mass is 519 g/mol. The van der Waals surface area contributed by atoms with Gasteiger partial charge in [0.25, 0.3) is 0 Å². The lowest BCUT2D eigenvalue weighted by atomic mass is 9.88. The SMILES string of the molecule is Cc1cc(C)n2c(n1)c(Cc1ccc([C@H](CC(C)C)C(=O)N[C@@H](CO)c3ccccc3)cc1)c1ccccc12. The van der Waals surface area contributed by atoms with Crippen molar-refractivity contribution in [2.24, 2.45) is 5.92 Å². The third-order valence-electron chi connectivity index (χ3n) is 7.49. The van der Waals surface area contributed by atoms with Gasteiger partial charge in [-0.2, -0.15) is 0 Å². The van der Waals surface area contributed by atoms with Crippen LogP contribution >= 0.6 is 0 Å². The van der Waals surface area contributed by atoms with E-state index in [4.69, 9.17) is 4.98 Å². The fraction of sp³-hybridized carbons (Fsp3) is 0.294. The van der Waals surface area contributed by atoms with Gasteiger partial charge in [-0.3, -0.25) is 9.20 Å². The van der Waals surface area contributed by atoms with Crippen molar-refractivity contribution in [3.8, 4) is 0 Å². The molecule has 2 atom stereocenters. The zero-order valence-electron chi connectivity index (χ0n) is 23.2. The number of fused-ring (bicyclic) bond motifs is 3. The quantitative estimate of drug-likeness (QED) is 0.228. The molecule has 5 heteroatoms. The Morgan fingerprint density at radius 2 is 1.62 bits per heavy atom. The molecule has 0 bridgehead atoms. The topological polar surface area (TPSA) is 66.6 Å². The summed E-state index contributed by atoms with van der Waals surface area (Å²) in [6.07, 6.45) is 1.49. The minimum Gasteiger partial charge on any atom is -0.394 e. The predicted octanol–water partition coefficient (Wildman–Crippen LogP) is 6.67. The molecule has 0 fully saturated rings. The Balaban J connectivity index is 1.43. The second kappa shape index (κ2) is 11.4. The van der Waals surface area contributed by atoms with Crippen molar-refractivity contribution in [2.45, 2.75) is 52.5 Å². The Morgan fingerprint density at radius 3 is 2.31 bits per heavy atom. The lowest BCUT2D eigenvalue weighted by Crippen LogP contribution is -2.35. The largest absolute Gasteiger partial charge is 0.394 e. The number of amides is 1. The Labute approximate surface area is 230 Å². The molecule has 0 saturated heterocycles. The molecular formula is C34H37N3O2. The summed E-state index contributed by atoms with van der Waals surface area (Å²) in [6, 6.07) is 28.3. The standard InChI is InChI=1S/C34H37N3O2/c1-22(2)18-29(34(39)36-31(21-38)27-10-6-5-7-11-27)26-16-14-25(15-17-26)20-30-28-12-8-9-13-32(28)37-24(4)19-23(3)35-33(30)37/h5-17,19,22,29,31,38H,18,20-21H2,1-4H3,(H,36,39)/t29-,31-/m0/s1. The summed E-state index contributed by atoms with van der Waals surface area (Å²) in [6.45, 7) is 8.30. The lowest BCUT2D eigenvalue weighted by Gasteiger charge is -2.23. The predicted molar refractivity (Wildman–Crippen MR) is 158 cm³/mol. The first-order valence-corrected chi connectivity index (χ1v) is 13.8. The van der Waals surface area contributed by atoms with Gasteiger partial charge in [-0.25, -0.2) is 4.98 Å². The number of aromatic nitrogens is 2. The van der Waals surface area contributed by atoms with Gasteiger partial charge in [0.1, 0.15) is 5.65 Å². The summed E-state index contributed by atoms with van der Waals surface area (Å²) >= 11 is 0. The summed E-state index contributed by atoms with van der Waals surface area (Å²) < 4.78 is 2.25. The van der Waals surface area contributed by atoms with Gasteiger partial charge in [0.2, 0.25) is 5.91 Å². The van der Waals surface area contributed by atoms with E-state index in [0.29, 0.717) is 5.92 Å². The van der Waals surface area contributed by atoms with Crippen LogP contribution in [0.5, 0.6) is 0 Å². The number of carbonyl (C=O) groups is 1. The number of carbonyl (C=O) groups excluding carboxylic acids is 1. The van der Waals surface area contributed by atoms with Gasteiger partial charge in [0.15, 0.2) is 0 Å². The second-order valence-electron chi connectivity index (χ2n) is 10.9. The molecule has 0 aliphatic heterocycles. The van der Waals surface area contributed by atoms with Crippen molar-refractivity contribution in [2.75, 3.05) is 6.61 Å². The van der Waals surface area contributed by atoms with Crippen LogP contribution in [0, 0.1) is 19.8 Å².